The molecule has 1 aromatic heterocycles. The smallest absolute Gasteiger partial charge is 0.257 e. The Morgan fingerprint density at radius 2 is 2.00 bits per heavy atom. The number of hydrogen-bond acceptors (Lipinski definition) is 3. The van der Waals surface area contributed by atoms with Crippen molar-refractivity contribution in [3.8, 4) is 5.75 Å². The Balaban J connectivity index is 2.14. The first-order valence-electron chi connectivity index (χ1n) is 7.01. The number of pyridine rings is 1. The van der Waals surface area contributed by atoms with E-state index in [-0.39, 0.29) is 5.91 Å². The quantitative estimate of drug-likeness (QED) is 0.849. The molecule has 116 valence electrons. The molecule has 0 saturated heterocycles. The Morgan fingerprint density at radius 3 is 2.64 bits per heavy atom. The van der Waals surface area contributed by atoms with E-state index in [0.29, 0.717) is 22.9 Å². The summed E-state index contributed by atoms with van der Waals surface area (Å²) < 4.78 is 5.35. The summed E-state index contributed by atoms with van der Waals surface area (Å²) in [6.07, 6.45) is 4.27. The van der Waals surface area contributed by atoms with Crippen LogP contribution < -0.4 is 4.74 Å². The molecule has 2 rings (SSSR count). The number of likely N-dealkylation sites (N-methyl/N-ethyl adjacent to an activating group) is 1. The fourth-order valence-corrected chi connectivity index (χ4v) is 2.59. The summed E-state index contributed by atoms with van der Waals surface area (Å²) in [5.74, 6) is 0.474. The van der Waals surface area contributed by atoms with Crippen molar-refractivity contribution in [1.29, 1.82) is 0 Å². The van der Waals surface area contributed by atoms with E-state index in [2.05, 4.69) is 4.98 Å². The zero-order valence-electron chi connectivity index (χ0n) is 13.0. The summed E-state index contributed by atoms with van der Waals surface area (Å²) in [6.45, 7) is 2.48. The molecule has 2 aromatic rings. The van der Waals surface area contributed by atoms with Gasteiger partial charge in [-0.15, -0.1) is 0 Å². The van der Waals surface area contributed by atoms with E-state index in [4.69, 9.17) is 16.3 Å². The van der Waals surface area contributed by atoms with Crippen LogP contribution in [0.25, 0.3) is 0 Å². The summed E-state index contributed by atoms with van der Waals surface area (Å²) in [5.41, 5.74) is 2.48. The minimum atomic E-state index is -0.100. The van der Waals surface area contributed by atoms with Crippen molar-refractivity contribution in [3.63, 3.8) is 0 Å². The van der Waals surface area contributed by atoms with Crippen LogP contribution in [0.15, 0.2) is 36.7 Å². The summed E-state index contributed by atoms with van der Waals surface area (Å²) in [7, 11) is 3.34. The van der Waals surface area contributed by atoms with E-state index >= 15 is 0 Å². The molecule has 1 amide bonds. The Kier molecular flexibility index (Phi) is 5.39. The number of methoxy groups -OCH3 is 1. The molecule has 0 spiro atoms. The van der Waals surface area contributed by atoms with Crippen LogP contribution in [0.1, 0.15) is 21.5 Å². The number of benzene rings is 1. The van der Waals surface area contributed by atoms with Crippen molar-refractivity contribution in [1.82, 2.24) is 9.88 Å². The van der Waals surface area contributed by atoms with Crippen LogP contribution in [0, 0.1) is 6.92 Å². The first-order valence-corrected chi connectivity index (χ1v) is 7.39. The molecule has 0 bridgehead atoms. The minimum absolute atomic E-state index is 0.100. The summed E-state index contributed by atoms with van der Waals surface area (Å²) >= 11 is 6.07. The maximum absolute atomic E-state index is 12.6. The van der Waals surface area contributed by atoms with Crippen LogP contribution in [-0.4, -0.2) is 36.5 Å². The van der Waals surface area contributed by atoms with Crippen LogP contribution in [0.2, 0.25) is 5.02 Å². The predicted molar refractivity (Wildman–Crippen MR) is 87.6 cm³/mol. The number of nitrogens with zero attached hydrogens (tertiary/aromatic N) is 2. The Morgan fingerprint density at radius 1 is 1.32 bits per heavy atom. The van der Waals surface area contributed by atoms with Gasteiger partial charge in [-0.25, -0.2) is 0 Å². The minimum Gasteiger partial charge on any atom is -0.496 e. The molecular formula is C17H19ClN2O2. The van der Waals surface area contributed by atoms with E-state index in [1.54, 1.807) is 43.6 Å². The van der Waals surface area contributed by atoms with Crippen molar-refractivity contribution < 1.29 is 9.53 Å². The highest BCUT2D eigenvalue weighted by Gasteiger charge is 2.19. The first-order chi connectivity index (χ1) is 10.5. The SMILES string of the molecule is COc1c(C)cc(Cl)cc1C(=O)N(C)CCc1ccncc1. The van der Waals surface area contributed by atoms with Gasteiger partial charge in [0.15, 0.2) is 0 Å². The van der Waals surface area contributed by atoms with Gasteiger partial charge in [0.2, 0.25) is 0 Å². The fraction of sp³-hybridized carbons (Fsp3) is 0.294. The van der Waals surface area contributed by atoms with E-state index in [9.17, 15) is 4.79 Å². The molecule has 1 heterocycles. The molecule has 5 heteroatoms. The molecular weight excluding hydrogens is 300 g/mol. The van der Waals surface area contributed by atoms with Crippen LogP contribution in [0.5, 0.6) is 5.75 Å². The summed E-state index contributed by atoms with van der Waals surface area (Å²) in [6, 6.07) is 7.33. The fourth-order valence-electron chi connectivity index (χ4n) is 2.31. The van der Waals surface area contributed by atoms with E-state index in [0.717, 1.165) is 17.5 Å². The predicted octanol–water partition coefficient (Wildman–Crippen LogP) is 3.37. The van der Waals surface area contributed by atoms with Crippen LogP contribution in [0.4, 0.5) is 0 Å². The van der Waals surface area contributed by atoms with Gasteiger partial charge in [0, 0.05) is 31.0 Å². The first kappa shape index (κ1) is 16.3. The van der Waals surface area contributed by atoms with Gasteiger partial charge in [0.25, 0.3) is 5.91 Å². The third-order valence-electron chi connectivity index (χ3n) is 3.51. The molecule has 0 saturated carbocycles. The molecule has 0 radical (unpaired) electrons. The second kappa shape index (κ2) is 7.27. The maximum Gasteiger partial charge on any atom is 0.257 e. The molecule has 22 heavy (non-hydrogen) atoms. The molecule has 4 nitrogen and oxygen atoms in total. The number of aromatic nitrogens is 1. The lowest BCUT2D eigenvalue weighted by atomic mass is 10.1. The normalized spacial score (nSPS) is 10.4. The highest BCUT2D eigenvalue weighted by molar-refractivity contribution is 6.31. The Labute approximate surface area is 135 Å². The molecule has 0 unspecified atom stereocenters. The zero-order valence-corrected chi connectivity index (χ0v) is 13.7. The zero-order chi connectivity index (χ0) is 16.1. The van der Waals surface area contributed by atoms with Gasteiger partial charge in [0.1, 0.15) is 5.75 Å². The van der Waals surface area contributed by atoms with Crippen molar-refractivity contribution in [3.05, 3.63) is 58.4 Å². The second-order valence-electron chi connectivity index (χ2n) is 5.14. The van der Waals surface area contributed by atoms with Gasteiger partial charge < -0.3 is 9.64 Å². The van der Waals surface area contributed by atoms with Crippen LogP contribution in [-0.2, 0) is 6.42 Å². The molecule has 0 aliphatic rings. The van der Waals surface area contributed by atoms with Crippen molar-refractivity contribution in [2.45, 2.75) is 13.3 Å². The number of amides is 1. The van der Waals surface area contributed by atoms with Crippen LogP contribution >= 0.6 is 11.6 Å². The van der Waals surface area contributed by atoms with E-state index in [1.165, 1.54) is 0 Å². The summed E-state index contributed by atoms with van der Waals surface area (Å²) in [5, 5.41) is 0.532. The number of aryl methyl sites for hydroxylation is 1. The molecule has 1 aromatic carbocycles. The summed E-state index contributed by atoms with van der Waals surface area (Å²) in [4.78, 5) is 18.3. The average molecular weight is 319 g/mol. The number of rotatable bonds is 5. The number of halogens is 1. The lowest BCUT2D eigenvalue weighted by Gasteiger charge is -2.19. The highest BCUT2D eigenvalue weighted by Crippen LogP contribution is 2.28. The van der Waals surface area contributed by atoms with E-state index < -0.39 is 0 Å². The van der Waals surface area contributed by atoms with Gasteiger partial charge in [-0.1, -0.05) is 11.6 Å². The number of ether oxygens (including phenoxy) is 1. The third-order valence-corrected chi connectivity index (χ3v) is 3.72. The number of carbonyl (C=O) groups excluding carboxylic acids is 1. The average Bonchev–Trinajstić information content (AvgIpc) is 2.52. The number of hydrogen-bond donors (Lipinski definition) is 0. The Hall–Kier alpha value is -2.07. The monoisotopic (exact) mass is 318 g/mol. The standard InChI is InChI=1S/C17H19ClN2O2/c1-12-10-14(18)11-15(16(12)22-3)17(21)20(2)9-6-13-4-7-19-8-5-13/h4-5,7-8,10-11H,6,9H2,1-3H3. The molecule has 0 fully saturated rings. The van der Waals surface area contributed by atoms with Gasteiger partial charge in [-0.2, -0.15) is 0 Å². The largest absolute Gasteiger partial charge is 0.496 e. The van der Waals surface area contributed by atoms with Crippen molar-refractivity contribution in [2.24, 2.45) is 0 Å². The topological polar surface area (TPSA) is 42.4 Å². The third kappa shape index (κ3) is 3.77. The molecule has 0 N–H and O–H groups in total. The number of carbonyl (C=O) groups is 1. The molecule has 0 aliphatic carbocycles. The molecule has 0 atom stereocenters. The van der Waals surface area contributed by atoms with Crippen molar-refractivity contribution >= 4 is 17.5 Å². The highest BCUT2D eigenvalue weighted by atomic mass is 35.5. The van der Waals surface area contributed by atoms with Gasteiger partial charge in [-0.05, 0) is 48.7 Å². The van der Waals surface area contributed by atoms with Crippen molar-refractivity contribution in [2.75, 3.05) is 20.7 Å². The van der Waals surface area contributed by atoms with Gasteiger partial charge >= 0.3 is 0 Å². The lowest BCUT2D eigenvalue weighted by Crippen LogP contribution is -2.29. The van der Waals surface area contributed by atoms with Gasteiger partial charge in [0.05, 0.1) is 12.7 Å². The van der Waals surface area contributed by atoms with Crippen LogP contribution in [0.3, 0.4) is 0 Å². The Bertz CT molecular complexity index is 659. The second-order valence-corrected chi connectivity index (χ2v) is 5.57. The maximum atomic E-state index is 12.6. The van der Waals surface area contributed by atoms with E-state index in [1.807, 2.05) is 19.1 Å². The lowest BCUT2D eigenvalue weighted by molar-refractivity contribution is 0.0793. The van der Waals surface area contributed by atoms with Gasteiger partial charge in [-0.3, -0.25) is 9.78 Å². The molecule has 0 aliphatic heterocycles.